The van der Waals surface area contributed by atoms with Crippen molar-refractivity contribution in [3.63, 3.8) is 0 Å². The number of fused-ring (bicyclic) bond motifs is 1. The van der Waals surface area contributed by atoms with E-state index in [2.05, 4.69) is 4.98 Å². The maximum atomic E-state index is 13.0. The molecule has 1 aliphatic heterocycles. The molecule has 0 atom stereocenters. The van der Waals surface area contributed by atoms with Crippen molar-refractivity contribution in [2.75, 3.05) is 24.5 Å². The first-order valence-electron chi connectivity index (χ1n) is 9.14. The fraction of sp³-hybridized carbons (Fsp3) is 0.250. The smallest absolute Gasteiger partial charge is 0.324 e. The van der Waals surface area contributed by atoms with Gasteiger partial charge in [0.05, 0.1) is 35.9 Å². The van der Waals surface area contributed by atoms with Gasteiger partial charge in [0.1, 0.15) is 23.6 Å². The van der Waals surface area contributed by atoms with Crippen LogP contribution in [0.25, 0.3) is 10.8 Å². The van der Waals surface area contributed by atoms with Crippen LogP contribution < -0.4 is 9.04 Å². The molecule has 8 nitrogen and oxygen atoms in total. The molecule has 3 heterocycles. The number of hydrogen-bond donors (Lipinski definition) is 1. The van der Waals surface area contributed by atoms with Crippen molar-refractivity contribution in [3.05, 3.63) is 53.4 Å². The Hall–Kier alpha value is -2.98. The number of carbonyl (C=O) groups is 2. The van der Waals surface area contributed by atoms with Crippen LogP contribution in [0, 0.1) is 6.92 Å². The maximum Gasteiger partial charge on any atom is 0.324 e. The van der Waals surface area contributed by atoms with Gasteiger partial charge in [0, 0.05) is 6.54 Å². The number of nitrogens with zero attached hydrogens (tertiary/aromatic N) is 3. The highest BCUT2D eigenvalue weighted by Crippen LogP contribution is 2.47. The Bertz CT molecular complexity index is 1080. The number of hydrogen-bond acceptors (Lipinski definition) is 8. The average Bonchev–Trinajstić information content (AvgIpc) is 3.37. The topological polar surface area (TPSA) is 96.1 Å². The molecule has 1 amide bonds. The van der Waals surface area contributed by atoms with Crippen molar-refractivity contribution in [2.45, 2.75) is 13.3 Å². The number of anilines is 1. The van der Waals surface area contributed by atoms with Gasteiger partial charge in [-0.1, -0.05) is 18.2 Å². The lowest BCUT2D eigenvalue weighted by atomic mass is 10.1. The summed E-state index contributed by atoms with van der Waals surface area (Å²) in [4.78, 5) is 29.3. The number of thiophene rings is 1. The Balaban J connectivity index is 1.69. The highest BCUT2D eigenvalue weighted by atomic mass is 32.2. The number of oxazole rings is 1. The molecule has 2 aromatic heterocycles. The van der Waals surface area contributed by atoms with Crippen molar-refractivity contribution < 1.29 is 23.8 Å². The largest absolute Gasteiger partial charge is 0.496 e. The minimum Gasteiger partial charge on any atom is -0.496 e. The van der Waals surface area contributed by atoms with Crippen LogP contribution in [0.3, 0.4) is 0 Å². The summed E-state index contributed by atoms with van der Waals surface area (Å²) in [7, 11) is 1.63. The fourth-order valence-electron chi connectivity index (χ4n) is 3.28. The van der Waals surface area contributed by atoms with Gasteiger partial charge in [0.2, 0.25) is 5.89 Å². The summed E-state index contributed by atoms with van der Waals surface area (Å²) in [6, 6.07) is 7.75. The number of aromatic nitrogens is 1. The number of amides is 1. The number of benzene rings is 1. The molecule has 0 saturated heterocycles. The first-order chi connectivity index (χ1) is 14.5. The molecule has 4 rings (SSSR count). The number of ether oxygens (including phenoxy) is 1. The average molecular weight is 446 g/mol. The molecule has 0 aliphatic carbocycles. The van der Waals surface area contributed by atoms with Gasteiger partial charge in [-0.2, -0.15) is 0 Å². The SMILES string of the molecule is COc1ccccc1CCN1SN(CC(=O)O)C(=O)c2c1sc(-c1ncco1)c2C. The van der Waals surface area contributed by atoms with Gasteiger partial charge in [-0.05, 0) is 30.5 Å². The number of rotatable bonds is 7. The number of carbonyl (C=O) groups excluding carboxylic acids is 1. The second-order valence-corrected chi connectivity index (χ2v) is 8.60. The van der Waals surface area contributed by atoms with Crippen LogP contribution in [0.5, 0.6) is 5.75 Å². The van der Waals surface area contributed by atoms with E-state index in [1.807, 2.05) is 35.5 Å². The molecule has 0 unspecified atom stereocenters. The summed E-state index contributed by atoms with van der Waals surface area (Å²) in [5.41, 5.74) is 2.26. The number of methoxy groups -OCH3 is 1. The van der Waals surface area contributed by atoms with E-state index in [1.165, 1.54) is 21.9 Å². The molecule has 0 spiro atoms. The number of aliphatic carboxylic acids is 1. The van der Waals surface area contributed by atoms with Crippen molar-refractivity contribution in [3.8, 4) is 16.5 Å². The third-order valence-electron chi connectivity index (χ3n) is 4.67. The van der Waals surface area contributed by atoms with E-state index in [1.54, 1.807) is 13.3 Å². The zero-order chi connectivity index (χ0) is 21.3. The maximum absolute atomic E-state index is 13.0. The van der Waals surface area contributed by atoms with E-state index < -0.39 is 12.5 Å². The van der Waals surface area contributed by atoms with Crippen LogP contribution in [0.4, 0.5) is 5.00 Å². The second-order valence-electron chi connectivity index (χ2n) is 6.55. The number of carboxylic acid groups (broad SMARTS) is 1. The lowest BCUT2D eigenvalue weighted by Gasteiger charge is -2.33. The van der Waals surface area contributed by atoms with Gasteiger partial charge in [-0.15, -0.1) is 11.3 Å². The Morgan fingerprint density at radius 3 is 2.80 bits per heavy atom. The van der Waals surface area contributed by atoms with Crippen molar-refractivity contribution >= 4 is 40.3 Å². The van der Waals surface area contributed by atoms with Crippen LogP contribution >= 0.6 is 23.5 Å². The third-order valence-corrected chi connectivity index (χ3v) is 7.15. The van der Waals surface area contributed by atoms with Gasteiger partial charge < -0.3 is 14.3 Å². The Labute approximate surface area is 181 Å². The molecule has 0 saturated carbocycles. The van der Waals surface area contributed by atoms with Crippen molar-refractivity contribution in [1.29, 1.82) is 0 Å². The van der Waals surface area contributed by atoms with Gasteiger partial charge in [-0.3, -0.25) is 18.2 Å². The Morgan fingerprint density at radius 2 is 2.10 bits per heavy atom. The fourth-order valence-corrected chi connectivity index (χ4v) is 5.57. The highest BCUT2D eigenvalue weighted by Gasteiger charge is 2.37. The van der Waals surface area contributed by atoms with E-state index in [0.717, 1.165) is 38.9 Å². The standard InChI is InChI=1S/C20H19N3O5S2/c1-12-16-19(26)23(11-15(24)25)30-22(9-7-13-5-3-4-6-14(13)27-2)20(16)29-17(12)18-21-8-10-28-18/h3-6,8,10H,7,9,11H2,1-2H3,(H,24,25). The lowest BCUT2D eigenvalue weighted by Crippen LogP contribution is -2.39. The molecule has 0 fully saturated rings. The molecule has 10 heteroatoms. The van der Waals surface area contributed by atoms with Gasteiger partial charge in [-0.25, -0.2) is 4.98 Å². The summed E-state index contributed by atoms with van der Waals surface area (Å²) in [6.45, 7) is 2.00. The summed E-state index contributed by atoms with van der Waals surface area (Å²) in [6.07, 6.45) is 3.71. The predicted molar refractivity (Wildman–Crippen MR) is 115 cm³/mol. The number of para-hydroxylation sites is 1. The van der Waals surface area contributed by atoms with Crippen LogP contribution in [0.2, 0.25) is 0 Å². The van der Waals surface area contributed by atoms with E-state index in [4.69, 9.17) is 9.15 Å². The van der Waals surface area contributed by atoms with Gasteiger partial charge in [0.25, 0.3) is 5.91 Å². The Morgan fingerprint density at radius 1 is 1.30 bits per heavy atom. The summed E-state index contributed by atoms with van der Waals surface area (Å²) in [5, 5.41) is 10.0. The van der Waals surface area contributed by atoms with E-state index in [0.29, 0.717) is 24.4 Å². The molecular formula is C20H19N3O5S2. The quantitative estimate of drug-likeness (QED) is 0.548. The zero-order valence-corrected chi connectivity index (χ0v) is 18.0. The van der Waals surface area contributed by atoms with Crippen LogP contribution in [0.1, 0.15) is 21.5 Å². The number of carboxylic acids is 1. The van der Waals surface area contributed by atoms with Crippen LogP contribution in [-0.4, -0.2) is 46.5 Å². The van der Waals surface area contributed by atoms with Crippen molar-refractivity contribution in [2.24, 2.45) is 0 Å². The molecule has 156 valence electrons. The monoisotopic (exact) mass is 445 g/mol. The molecule has 0 radical (unpaired) electrons. The normalized spacial score (nSPS) is 13.5. The molecule has 0 bridgehead atoms. The zero-order valence-electron chi connectivity index (χ0n) is 16.3. The van der Waals surface area contributed by atoms with Crippen molar-refractivity contribution in [1.82, 2.24) is 9.29 Å². The molecule has 1 aliphatic rings. The van der Waals surface area contributed by atoms with E-state index in [9.17, 15) is 14.7 Å². The van der Waals surface area contributed by atoms with E-state index >= 15 is 0 Å². The van der Waals surface area contributed by atoms with E-state index in [-0.39, 0.29) is 5.91 Å². The van der Waals surface area contributed by atoms with Gasteiger partial charge in [0.15, 0.2) is 0 Å². The third kappa shape index (κ3) is 3.75. The second kappa shape index (κ2) is 8.41. The summed E-state index contributed by atoms with van der Waals surface area (Å²) < 4.78 is 14.1. The molecule has 1 aromatic carbocycles. The minimum atomic E-state index is -1.07. The summed E-state index contributed by atoms with van der Waals surface area (Å²) in [5.74, 6) is -0.150. The molecule has 3 aromatic rings. The minimum absolute atomic E-state index is 0.322. The van der Waals surface area contributed by atoms with Crippen LogP contribution in [-0.2, 0) is 11.2 Å². The first kappa shape index (κ1) is 20.3. The van der Waals surface area contributed by atoms with Crippen LogP contribution in [0.15, 0.2) is 41.1 Å². The first-order valence-corrected chi connectivity index (χ1v) is 10.7. The highest BCUT2D eigenvalue weighted by molar-refractivity contribution is 7.99. The molecule has 30 heavy (non-hydrogen) atoms. The lowest BCUT2D eigenvalue weighted by molar-refractivity contribution is -0.136. The molecular weight excluding hydrogens is 426 g/mol. The summed E-state index contributed by atoms with van der Waals surface area (Å²) >= 11 is 2.54. The predicted octanol–water partition coefficient (Wildman–Crippen LogP) is 3.87. The van der Waals surface area contributed by atoms with Gasteiger partial charge >= 0.3 is 5.97 Å². The molecule has 1 N–H and O–H groups in total. The Kier molecular flexibility index (Phi) is 5.69.